The number of aryl methyl sites for hydroxylation is 1. The predicted molar refractivity (Wildman–Crippen MR) is 146 cm³/mol. The first-order valence-corrected chi connectivity index (χ1v) is 14.6. The first-order chi connectivity index (χ1) is 17.5. The third-order valence-electron chi connectivity index (χ3n) is 8.57. The van der Waals surface area contributed by atoms with E-state index in [1.165, 1.54) is 44.1 Å². The summed E-state index contributed by atoms with van der Waals surface area (Å²) in [5, 5.41) is 3.15. The van der Waals surface area contributed by atoms with Gasteiger partial charge >= 0.3 is 0 Å². The van der Waals surface area contributed by atoms with Crippen LogP contribution in [0.3, 0.4) is 0 Å². The summed E-state index contributed by atoms with van der Waals surface area (Å²) in [5.41, 5.74) is 0.760. The van der Waals surface area contributed by atoms with Crippen LogP contribution in [0.5, 0.6) is 0 Å². The van der Waals surface area contributed by atoms with E-state index in [-0.39, 0.29) is 17.9 Å². The minimum absolute atomic E-state index is 0.0916. The largest absolute Gasteiger partial charge is 0.342 e. The van der Waals surface area contributed by atoms with Crippen molar-refractivity contribution in [2.45, 2.75) is 89.6 Å². The SMILES string of the molecule is CC(C)C[C@@H]1NC(=O)C2(CCN(CCCCCc3ccccc3)CC2)N(CCN2CCCCC2)C1=O. The summed E-state index contributed by atoms with van der Waals surface area (Å²) in [4.78, 5) is 34.3. The summed E-state index contributed by atoms with van der Waals surface area (Å²) in [6, 6.07) is 10.4. The Labute approximate surface area is 218 Å². The van der Waals surface area contributed by atoms with Crippen LogP contribution in [0, 0.1) is 5.92 Å². The lowest BCUT2D eigenvalue weighted by molar-refractivity contribution is -0.162. The van der Waals surface area contributed by atoms with E-state index < -0.39 is 5.54 Å². The Hall–Kier alpha value is -1.92. The minimum atomic E-state index is -0.663. The van der Waals surface area contributed by atoms with E-state index in [0.29, 0.717) is 12.5 Å². The van der Waals surface area contributed by atoms with Crippen molar-refractivity contribution < 1.29 is 9.59 Å². The Morgan fingerprint density at radius 2 is 1.56 bits per heavy atom. The van der Waals surface area contributed by atoms with E-state index in [1.54, 1.807) is 0 Å². The van der Waals surface area contributed by atoms with Gasteiger partial charge in [-0.2, -0.15) is 0 Å². The van der Waals surface area contributed by atoms with Gasteiger partial charge in [0.2, 0.25) is 11.8 Å². The number of hydrogen-bond donors (Lipinski definition) is 1. The number of amides is 2. The molecule has 1 atom stereocenters. The number of nitrogens with one attached hydrogen (secondary N) is 1. The number of piperidine rings is 2. The van der Waals surface area contributed by atoms with Crippen LogP contribution < -0.4 is 5.32 Å². The summed E-state index contributed by atoms with van der Waals surface area (Å²) in [5.74, 6) is 0.615. The van der Waals surface area contributed by atoms with E-state index in [1.807, 2.05) is 4.90 Å². The van der Waals surface area contributed by atoms with E-state index in [0.717, 1.165) is 65.0 Å². The molecule has 1 spiro atoms. The van der Waals surface area contributed by atoms with Crippen LogP contribution in [0.4, 0.5) is 0 Å². The van der Waals surface area contributed by atoms with Crippen LogP contribution in [0.25, 0.3) is 0 Å². The van der Waals surface area contributed by atoms with Gasteiger partial charge in [-0.25, -0.2) is 0 Å². The Kier molecular flexibility index (Phi) is 9.83. The van der Waals surface area contributed by atoms with Gasteiger partial charge in [-0.1, -0.05) is 57.0 Å². The quantitative estimate of drug-likeness (QED) is 0.469. The zero-order chi connectivity index (χ0) is 25.4. The maximum Gasteiger partial charge on any atom is 0.246 e. The van der Waals surface area contributed by atoms with Crippen molar-refractivity contribution in [3.05, 3.63) is 35.9 Å². The number of hydrogen-bond acceptors (Lipinski definition) is 4. The molecule has 4 rings (SSSR count). The smallest absolute Gasteiger partial charge is 0.246 e. The summed E-state index contributed by atoms with van der Waals surface area (Å²) in [6.07, 6.45) is 10.8. The van der Waals surface area contributed by atoms with Crippen molar-refractivity contribution in [2.24, 2.45) is 5.92 Å². The highest BCUT2D eigenvalue weighted by atomic mass is 16.2. The number of unbranched alkanes of at least 4 members (excludes halogenated alkanes) is 2. The van der Waals surface area contributed by atoms with Gasteiger partial charge in [-0.15, -0.1) is 0 Å². The molecular formula is C30H48N4O2. The standard InChI is InChI=1S/C30H48N4O2/c1-25(2)24-27-28(35)34(23-22-32-17-10-5-11-18-32)30(29(36)31-27)15-20-33(21-16-30)19-9-4-8-14-26-12-6-3-7-13-26/h3,6-7,12-13,25,27H,4-5,8-11,14-24H2,1-2H3,(H,31,36)/t27-/m0/s1. The number of nitrogens with zero attached hydrogens (tertiary/aromatic N) is 3. The Morgan fingerprint density at radius 1 is 0.861 bits per heavy atom. The lowest BCUT2D eigenvalue weighted by Crippen LogP contribution is -2.73. The molecule has 0 unspecified atom stereocenters. The molecule has 0 aliphatic carbocycles. The maximum absolute atomic E-state index is 13.7. The number of benzene rings is 1. The zero-order valence-electron chi connectivity index (χ0n) is 22.7. The van der Waals surface area contributed by atoms with Crippen molar-refractivity contribution >= 4 is 11.8 Å². The molecule has 6 nitrogen and oxygen atoms in total. The number of rotatable bonds is 11. The molecule has 36 heavy (non-hydrogen) atoms. The number of likely N-dealkylation sites (tertiary alicyclic amines) is 2. The molecule has 3 aliphatic rings. The molecule has 0 saturated carbocycles. The van der Waals surface area contributed by atoms with Gasteiger partial charge in [0, 0.05) is 26.2 Å². The molecule has 3 saturated heterocycles. The maximum atomic E-state index is 13.7. The highest BCUT2D eigenvalue weighted by Crippen LogP contribution is 2.34. The third kappa shape index (κ3) is 6.89. The monoisotopic (exact) mass is 496 g/mol. The number of carbonyl (C=O) groups is 2. The van der Waals surface area contributed by atoms with Crippen molar-refractivity contribution in [1.29, 1.82) is 0 Å². The second kappa shape index (κ2) is 13.0. The molecule has 200 valence electrons. The second-order valence-corrected chi connectivity index (χ2v) is 11.7. The minimum Gasteiger partial charge on any atom is -0.342 e. The van der Waals surface area contributed by atoms with Gasteiger partial charge in [-0.3, -0.25) is 9.59 Å². The van der Waals surface area contributed by atoms with Crippen molar-refractivity contribution in [2.75, 3.05) is 45.8 Å². The van der Waals surface area contributed by atoms with Gasteiger partial charge in [0.25, 0.3) is 0 Å². The summed E-state index contributed by atoms with van der Waals surface area (Å²) < 4.78 is 0. The molecule has 3 aliphatic heterocycles. The average molecular weight is 497 g/mol. The Morgan fingerprint density at radius 3 is 2.25 bits per heavy atom. The fourth-order valence-electron chi connectivity index (χ4n) is 6.39. The highest BCUT2D eigenvalue weighted by molar-refractivity contribution is 6.00. The summed E-state index contributed by atoms with van der Waals surface area (Å²) >= 11 is 0. The van der Waals surface area contributed by atoms with E-state index in [9.17, 15) is 9.59 Å². The van der Waals surface area contributed by atoms with Crippen molar-refractivity contribution in [3.8, 4) is 0 Å². The summed E-state index contributed by atoms with van der Waals surface area (Å²) in [7, 11) is 0. The molecule has 2 amide bonds. The molecule has 1 aromatic carbocycles. The van der Waals surface area contributed by atoms with Crippen LogP contribution in [0.2, 0.25) is 0 Å². The van der Waals surface area contributed by atoms with Gasteiger partial charge in [-0.05, 0) is 82.5 Å². The second-order valence-electron chi connectivity index (χ2n) is 11.7. The molecule has 3 fully saturated rings. The van der Waals surface area contributed by atoms with Crippen LogP contribution in [-0.4, -0.2) is 83.9 Å². The van der Waals surface area contributed by atoms with E-state index in [4.69, 9.17) is 0 Å². The Balaban J connectivity index is 1.31. The zero-order valence-corrected chi connectivity index (χ0v) is 22.7. The van der Waals surface area contributed by atoms with Gasteiger partial charge in [0.05, 0.1) is 0 Å². The Bertz CT molecular complexity index is 829. The molecular weight excluding hydrogens is 448 g/mol. The lowest BCUT2D eigenvalue weighted by atomic mass is 9.81. The van der Waals surface area contributed by atoms with Gasteiger partial charge in [0.1, 0.15) is 11.6 Å². The highest BCUT2D eigenvalue weighted by Gasteiger charge is 2.53. The number of carbonyl (C=O) groups excluding carboxylic acids is 2. The topological polar surface area (TPSA) is 55.9 Å². The fraction of sp³-hybridized carbons (Fsp3) is 0.733. The molecule has 6 heteroatoms. The molecule has 0 radical (unpaired) electrons. The predicted octanol–water partition coefficient (Wildman–Crippen LogP) is 4.09. The molecule has 0 bridgehead atoms. The average Bonchev–Trinajstić information content (AvgIpc) is 2.89. The van der Waals surface area contributed by atoms with Crippen LogP contribution >= 0.6 is 0 Å². The lowest BCUT2D eigenvalue weighted by Gasteiger charge is -2.52. The van der Waals surface area contributed by atoms with Crippen LogP contribution in [0.15, 0.2) is 30.3 Å². The normalized spacial score (nSPS) is 23.4. The first-order valence-electron chi connectivity index (χ1n) is 14.6. The fourth-order valence-corrected chi connectivity index (χ4v) is 6.39. The van der Waals surface area contributed by atoms with E-state index >= 15 is 0 Å². The van der Waals surface area contributed by atoms with Crippen LogP contribution in [0.1, 0.15) is 77.2 Å². The van der Waals surface area contributed by atoms with Gasteiger partial charge in [0.15, 0.2) is 0 Å². The molecule has 1 aromatic rings. The van der Waals surface area contributed by atoms with Crippen LogP contribution in [-0.2, 0) is 16.0 Å². The van der Waals surface area contributed by atoms with Crippen molar-refractivity contribution in [1.82, 2.24) is 20.0 Å². The van der Waals surface area contributed by atoms with Crippen molar-refractivity contribution in [3.63, 3.8) is 0 Å². The van der Waals surface area contributed by atoms with E-state index in [2.05, 4.69) is 59.3 Å². The molecule has 1 N–H and O–H groups in total. The third-order valence-corrected chi connectivity index (χ3v) is 8.57. The van der Waals surface area contributed by atoms with Gasteiger partial charge < -0.3 is 20.0 Å². The molecule has 0 aromatic heterocycles. The summed E-state index contributed by atoms with van der Waals surface area (Å²) in [6.45, 7) is 10.9. The molecule has 3 heterocycles. The first kappa shape index (κ1) is 27.1. The number of piperazine rings is 1.